The number of alkyl halides is 26. The standard InChI is InChI=1S/C12F26O3/c13-1(14,5(18,19)20)10(33,34)40-3(16,8(27,28)29)12(37,38)41-4(17,9(30,31)32)11(35,36)39-2(15,6(21,22)23)7(24,25)26. The second-order valence-electron chi connectivity index (χ2n) is 6.71. The van der Waals surface area contributed by atoms with Gasteiger partial charge >= 0.3 is 72.7 Å². The molecule has 0 saturated heterocycles. The fourth-order valence-corrected chi connectivity index (χ4v) is 1.73. The average molecular weight is 686 g/mol. The lowest BCUT2D eigenvalue weighted by Crippen LogP contribution is -2.71. The molecule has 0 aromatic rings. The maximum Gasteiger partial charge on any atom is 0.462 e. The molecule has 0 aromatic carbocycles. The van der Waals surface area contributed by atoms with E-state index in [-0.39, 0.29) is 0 Å². The van der Waals surface area contributed by atoms with Gasteiger partial charge in [-0.2, -0.15) is 114 Å². The average Bonchev–Trinajstić information content (AvgIpc) is 2.61. The number of hydrogen-bond acceptors (Lipinski definition) is 3. The first-order chi connectivity index (χ1) is 17.1. The first kappa shape index (κ1) is 39.1. The van der Waals surface area contributed by atoms with Crippen LogP contribution in [0.15, 0.2) is 0 Å². The summed E-state index contributed by atoms with van der Waals surface area (Å²) in [6, 6.07) is 0. The van der Waals surface area contributed by atoms with Gasteiger partial charge in [0.15, 0.2) is 0 Å². The highest BCUT2D eigenvalue weighted by Gasteiger charge is 2.89. The Morgan fingerprint density at radius 1 is 0.220 bits per heavy atom. The van der Waals surface area contributed by atoms with E-state index in [4.69, 9.17) is 0 Å². The first-order valence-electron chi connectivity index (χ1n) is 8.14. The van der Waals surface area contributed by atoms with Crippen LogP contribution in [0, 0.1) is 0 Å². The summed E-state index contributed by atoms with van der Waals surface area (Å²) < 4.78 is 335. The second kappa shape index (κ2) is 9.79. The van der Waals surface area contributed by atoms with Gasteiger partial charge in [0.2, 0.25) is 0 Å². The molecule has 0 aliphatic heterocycles. The van der Waals surface area contributed by atoms with Crippen LogP contribution < -0.4 is 0 Å². The number of hydrogen-bond donors (Lipinski definition) is 0. The largest absolute Gasteiger partial charge is 0.462 e. The van der Waals surface area contributed by atoms with Gasteiger partial charge in [-0.1, -0.05) is 0 Å². The molecule has 29 heteroatoms. The minimum absolute atomic E-state index is 0.881. The Hall–Kier alpha value is -1.94. The zero-order valence-electron chi connectivity index (χ0n) is 17.1. The molecule has 0 heterocycles. The Kier molecular flexibility index (Phi) is 9.33. The molecule has 0 rings (SSSR count). The molecule has 0 bridgehead atoms. The van der Waals surface area contributed by atoms with Crippen molar-refractivity contribution in [3.8, 4) is 0 Å². The van der Waals surface area contributed by atoms with E-state index in [2.05, 4.69) is 0 Å². The summed E-state index contributed by atoms with van der Waals surface area (Å²) in [5.74, 6) is -34.3. The van der Waals surface area contributed by atoms with Crippen LogP contribution in [0.5, 0.6) is 0 Å². The smallest absolute Gasteiger partial charge is 0.263 e. The molecule has 2 unspecified atom stereocenters. The normalized spacial score (nSPS) is 19.2. The lowest BCUT2D eigenvalue weighted by Gasteiger charge is -2.43. The van der Waals surface area contributed by atoms with Crippen molar-refractivity contribution in [1.82, 2.24) is 0 Å². The van der Waals surface area contributed by atoms with Crippen LogP contribution in [-0.2, 0) is 14.2 Å². The quantitative estimate of drug-likeness (QED) is 0.229. The van der Waals surface area contributed by atoms with E-state index in [1.54, 1.807) is 0 Å². The van der Waals surface area contributed by atoms with E-state index in [1.807, 2.05) is 0 Å². The molecule has 0 aromatic heterocycles. The van der Waals surface area contributed by atoms with E-state index >= 15 is 0 Å². The third kappa shape index (κ3) is 6.38. The van der Waals surface area contributed by atoms with Gasteiger partial charge in [-0.25, -0.2) is 0 Å². The van der Waals surface area contributed by atoms with Crippen LogP contribution in [0.3, 0.4) is 0 Å². The minimum atomic E-state index is -8.91. The molecule has 2 atom stereocenters. The monoisotopic (exact) mass is 686 g/mol. The molecule has 0 aliphatic carbocycles. The molecule has 41 heavy (non-hydrogen) atoms. The summed E-state index contributed by atoms with van der Waals surface area (Å²) >= 11 is 0. The van der Waals surface area contributed by atoms with Gasteiger partial charge in [-0.3, -0.25) is 14.2 Å². The summed E-state index contributed by atoms with van der Waals surface area (Å²) in [5.41, 5.74) is 0. The van der Waals surface area contributed by atoms with Crippen molar-refractivity contribution in [1.29, 1.82) is 0 Å². The maximum atomic E-state index is 13.9. The van der Waals surface area contributed by atoms with E-state index in [0.29, 0.717) is 0 Å². The van der Waals surface area contributed by atoms with E-state index in [9.17, 15) is 114 Å². The lowest BCUT2D eigenvalue weighted by molar-refractivity contribution is -0.586. The summed E-state index contributed by atoms with van der Waals surface area (Å²) in [5, 5.41) is 0. The van der Waals surface area contributed by atoms with Crippen molar-refractivity contribution < 1.29 is 128 Å². The Labute approximate surface area is 202 Å². The van der Waals surface area contributed by atoms with Gasteiger partial charge in [0.25, 0.3) is 0 Å². The van der Waals surface area contributed by atoms with E-state index in [0.717, 1.165) is 14.2 Å². The molecular formula is C12F26O3. The summed E-state index contributed by atoms with van der Waals surface area (Å²) in [6.45, 7) is 0. The number of ether oxygens (including phenoxy) is 3. The van der Waals surface area contributed by atoms with Crippen molar-refractivity contribution >= 4 is 0 Å². The van der Waals surface area contributed by atoms with Gasteiger partial charge in [0.05, 0.1) is 0 Å². The Morgan fingerprint density at radius 3 is 0.610 bits per heavy atom. The van der Waals surface area contributed by atoms with Crippen molar-refractivity contribution in [3.05, 3.63) is 0 Å². The predicted molar refractivity (Wildman–Crippen MR) is 64.8 cm³/mol. The highest BCUT2D eigenvalue weighted by atomic mass is 19.4. The summed E-state index contributed by atoms with van der Waals surface area (Å²) in [7, 11) is 0. The lowest BCUT2D eigenvalue weighted by atomic mass is 10.2. The van der Waals surface area contributed by atoms with E-state index < -0.39 is 72.7 Å². The predicted octanol–water partition coefficient (Wildman–Crippen LogP) is 8.26. The van der Waals surface area contributed by atoms with Crippen molar-refractivity contribution in [3.63, 3.8) is 0 Å². The van der Waals surface area contributed by atoms with Gasteiger partial charge in [0, 0.05) is 0 Å². The van der Waals surface area contributed by atoms with Crippen LogP contribution in [0.25, 0.3) is 0 Å². The number of halogens is 26. The highest BCUT2D eigenvalue weighted by Crippen LogP contribution is 2.60. The zero-order valence-corrected chi connectivity index (χ0v) is 17.1. The second-order valence-corrected chi connectivity index (χ2v) is 6.71. The fraction of sp³-hybridized carbons (Fsp3) is 1.00. The summed E-state index contributed by atoms with van der Waals surface area (Å²) in [4.78, 5) is 0. The zero-order chi connectivity index (χ0) is 34.1. The maximum absolute atomic E-state index is 13.9. The first-order valence-corrected chi connectivity index (χ1v) is 8.14. The molecule has 0 spiro atoms. The third-order valence-electron chi connectivity index (χ3n) is 3.74. The SMILES string of the molecule is FC(F)(F)C(F)(F)C(F)(F)OC(F)(C(F)(F)F)C(F)(F)OC(F)(C(F)(F)F)C(F)(F)OC(F)(C(F)(F)F)C(F)(F)F. The molecule has 0 radical (unpaired) electrons. The third-order valence-corrected chi connectivity index (χ3v) is 3.74. The van der Waals surface area contributed by atoms with Crippen molar-refractivity contribution in [2.45, 2.75) is 72.7 Å². The molecule has 0 N–H and O–H groups in total. The Balaban J connectivity index is 7.31. The molecule has 0 aliphatic rings. The Bertz CT molecular complexity index is 904. The van der Waals surface area contributed by atoms with Crippen LogP contribution in [0.2, 0.25) is 0 Å². The van der Waals surface area contributed by atoms with Crippen LogP contribution in [0.1, 0.15) is 0 Å². The topological polar surface area (TPSA) is 27.7 Å². The molecule has 0 fully saturated rings. The van der Waals surface area contributed by atoms with Crippen molar-refractivity contribution in [2.75, 3.05) is 0 Å². The number of rotatable bonds is 9. The van der Waals surface area contributed by atoms with Gasteiger partial charge in [-0.15, -0.1) is 0 Å². The van der Waals surface area contributed by atoms with Crippen LogP contribution in [-0.4, -0.2) is 72.7 Å². The molecular weight excluding hydrogens is 686 g/mol. The summed E-state index contributed by atoms with van der Waals surface area (Å²) in [6.07, 6.45) is -67.5. The molecule has 0 amide bonds. The van der Waals surface area contributed by atoms with Gasteiger partial charge in [-0.05, 0) is 0 Å². The van der Waals surface area contributed by atoms with Gasteiger partial charge in [0.1, 0.15) is 0 Å². The highest BCUT2D eigenvalue weighted by molar-refractivity contribution is 4.98. The van der Waals surface area contributed by atoms with E-state index in [1.165, 1.54) is 0 Å². The Morgan fingerprint density at radius 2 is 0.415 bits per heavy atom. The molecule has 0 saturated carbocycles. The molecule has 3 nitrogen and oxygen atoms in total. The van der Waals surface area contributed by atoms with Crippen molar-refractivity contribution in [2.24, 2.45) is 0 Å². The van der Waals surface area contributed by atoms with Gasteiger partial charge < -0.3 is 0 Å². The minimum Gasteiger partial charge on any atom is -0.263 e. The van der Waals surface area contributed by atoms with Crippen LogP contribution in [0.4, 0.5) is 114 Å². The molecule has 248 valence electrons. The fourth-order valence-electron chi connectivity index (χ4n) is 1.73. The van der Waals surface area contributed by atoms with Crippen LogP contribution >= 0.6 is 0 Å².